The molecule has 1 unspecified atom stereocenters. The number of carbonyl (C=O) groups is 1. The standard InChI is InChI=1S/C19H23FN8O2/c1-21-19(30)16-12-28(27-25-16)11-13(20)5-6-14-7-8-17(26-24-14)23-18(29)10-15-4-2-3-9-22-15/h2-4,7-9,12-13,19,21,30H,5-6,10-11H2,1H3,(H,23,26,29)/t13-,19?/m0/s1. The molecule has 0 saturated heterocycles. The number of carbonyl (C=O) groups excluding carboxylic acids is 1. The molecule has 0 aromatic carbocycles. The van der Waals surface area contributed by atoms with Gasteiger partial charge >= 0.3 is 0 Å². The van der Waals surface area contributed by atoms with Crippen LogP contribution >= 0.6 is 0 Å². The van der Waals surface area contributed by atoms with E-state index >= 15 is 0 Å². The van der Waals surface area contributed by atoms with Crippen molar-refractivity contribution in [1.29, 1.82) is 0 Å². The highest BCUT2D eigenvalue weighted by molar-refractivity contribution is 5.90. The summed E-state index contributed by atoms with van der Waals surface area (Å²) in [4.78, 5) is 16.1. The van der Waals surface area contributed by atoms with Gasteiger partial charge < -0.3 is 10.4 Å². The van der Waals surface area contributed by atoms with Gasteiger partial charge in [0.1, 0.15) is 11.9 Å². The second-order valence-electron chi connectivity index (χ2n) is 6.65. The number of aromatic nitrogens is 6. The van der Waals surface area contributed by atoms with E-state index in [2.05, 4.69) is 36.1 Å². The van der Waals surface area contributed by atoms with E-state index in [0.29, 0.717) is 29.3 Å². The Hall–Kier alpha value is -3.31. The lowest BCUT2D eigenvalue weighted by atomic mass is 10.1. The van der Waals surface area contributed by atoms with Gasteiger partial charge in [-0.15, -0.1) is 10.2 Å². The monoisotopic (exact) mass is 414 g/mol. The number of halogens is 1. The first-order chi connectivity index (χ1) is 14.5. The zero-order valence-corrected chi connectivity index (χ0v) is 16.4. The Morgan fingerprint density at radius 2 is 2.07 bits per heavy atom. The number of aliphatic hydroxyl groups is 1. The Balaban J connectivity index is 1.43. The molecular weight excluding hydrogens is 391 g/mol. The summed E-state index contributed by atoms with van der Waals surface area (Å²) in [6, 6.07) is 8.70. The number of nitrogens with zero attached hydrogens (tertiary/aromatic N) is 6. The first-order valence-electron chi connectivity index (χ1n) is 9.45. The van der Waals surface area contributed by atoms with Gasteiger partial charge in [0.25, 0.3) is 0 Å². The normalized spacial score (nSPS) is 13.0. The molecule has 2 atom stereocenters. The number of aryl methyl sites for hydroxylation is 1. The highest BCUT2D eigenvalue weighted by atomic mass is 19.1. The van der Waals surface area contributed by atoms with Crippen molar-refractivity contribution >= 4 is 11.7 Å². The molecule has 3 heterocycles. The van der Waals surface area contributed by atoms with E-state index in [1.54, 1.807) is 37.5 Å². The second-order valence-corrected chi connectivity index (χ2v) is 6.65. The Morgan fingerprint density at radius 3 is 2.77 bits per heavy atom. The fourth-order valence-corrected chi connectivity index (χ4v) is 2.69. The highest BCUT2D eigenvalue weighted by Crippen LogP contribution is 2.11. The number of pyridine rings is 1. The minimum absolute atomic E-state index is 0.0263. The zero-order chi connectivity index (χ0) is 21.3. The Morgan fingerprint density at radius 1 is 1.20 bits per heavy atom. The molecule has 0 fully saturated rings. The van der Waals surface area contributed by atoms with Crippen LogP contribution in [-0.4, -0.2) is 54.4 Å². The third kappa shape index (κ3) is 6.36. The van der Waals surface area contributed by atoms with Crippen molar-refractivity contribution in [2.24, 2.45) is 0 Å². The van der Waals surface area contributed by atoms with Crippen LogP contribution in [0.5, 0.6) is 0 Å². The minimum Gasteiger partial charge on any atom is -0.373 e. The lowest BCUT2D eigenvalue weighted by Crippen LogP contribution is -2.17. The molecule has 0 aliphatic heterocycles. The van der Waals surface area contributed by atoms with Crippen LogP contribution in [0.15, 0.2) is 42.7 Å². The van der Waals surface area contributed by atoms with Crippen LogP contribution in [0.3, 0.4) is 0 Å². The summed E-state index contributed by atoms with van der Waals surface area (Å²) in [7, 11) is 1.58. The van der Waals surface area contributed by atoms with E-state index < -0.39 is 12.4 Å². The van der Waals surface area contributed by atoms with Crippen LogP contribution in [0.25, 0.3) is 0 Å². The van der Waals surface area contributed by atoms with E-state index in [1.165, 1.54) is 10.9 Å². The molecule has 3 aromatic rings. The number of anilines is 1. The Kier molecular flexibility index (Phi) is 7.46. The third-order valence-electron chi connectivity index (χ3n) is 4.26. The van der Waals surface area contributed by atoms with Gasteiger partial charge in [-0.05, 0) is 44.2 Å². The van der Waals surface area contributed by atoms with Crippen molar-refractivity contribution in [3.63, 3.8) is 0 Å². The van der Waals surface area contributed by atoms with E-state index in [0.717, 1.165) is 0 Å². The number of nitrogens with one attached hydrogen (secondary N) is 2. The lowest BCUT2D eigenvalue weighted by molar-refractivity contribution is -0.115. The minimum atomic E-state index is -1.16. The molecule has 0 bridgehead atoms. The van der Waals surface area contributed by atoms with Gasteiger partial charge in [-0.3, -0.25) is 15.1 Å². The maximum Gasteiger partial charge on any atom is 0.231 e. The Labute approximate surface area is 172 Å². The summed E-state index contributed by atoms with van der Waals surface area (Å²) >= 11 is 0. The number of hydrogen-bond donors (Lipinski definition) is 3. The maximum atomic E-state index is 14.2. The van der Waals surface area contributed by atoms with Crippen molar-refractivity contribution in [1.82, 2.24) is 35.5 Å². The Bertz CT molecular complexity index is 935. The van der Waals surface area contributed by atoms with Crippen molar-refractivity contribution in [3.8, 4) is 0 Å². The first kappa shape index (κ1) is 21.4. The third-order valence-corrected chi connectivity index (χ3v) is 4.26. The van der Waals surface area contributed by atoms with Gasteiger partial charge in [0, 0.05) is 11.9 Å². The molecule has 11 heteroatoms. The van der Waals surface area contributed by atoms with E-state index in [1.807, 2.05) is 6.07 Å². The van der Waals surface area contributed by atoms with Crippen molar-refractivity contribution in [3.05, 3.63) is 59.8 Å². The molecule has 0 spiro atoms. The summed E-state index contributed by atoms with van der Waals surface area (Å²) in [6.07, 6.45) is 1.78. The number of amides is 1. The van der Waals surface area contributed by atoms with Crippen LogP contribution in [0.4, 0.5) is 10.2 Å². The van der Waals surface area contributed by atoms with Crippen LogP contribution in [0.1, 0.15) is 29.7 Å². The van der Waals surface area contributed by atoms with Gasteiger partial charge in [0.15, 0.2) is 12.0 Å². The molecule has 0 aliphatic carbocycles. The molecule has 0 aliphatic rings. The van der Waals surface area contributed by atoms with E-state index in [9.17, 15) is 14.3 Å². The number of hydrogen-bond acceptors (Lipinski definition) is 8. The number of rotatable bonds is 10. The van der Waals surface area contributed by atoms with Gasteiger partial charge in [-0.1, -0.05) is 11.3 Å². The molecule has 3 aromatic heterocycles. The second kappa shape index (κ2) is 10.5. The smallest absolute Gasteiger partial charge is 0.231 e. The van der Waals surface area contributed by atoms with Crippen molar-refractivity contribution < 1.29 is 14.3 Å². The average molecular weight is 414 g/mol. The lowest BCUT2D eigenvalue weighted by Gasteiger charge is -2.08. The summed E-state index contributed by atoms with van der Waals surface area (Å²) in [5, 5.41) is 30.5. The van der Waals surface area contributed by atoms with E-state index in [-0.39, 0.29) is 25.3 Å². The number of alkyl halides is 1. The van der Waals surface area contributed by atoms with Crippen LogP contribution in [0.2, 0.25) is 0 Å². The largest absolute Gasteiger partial charge is 0.373 e. The van der Waals surface area contributed by atoms with Crippen LogP contribution in [-0.2, 0) is 24.2 Å². The number of aliphatic hydroxyl groups excluding tert-OH is 1. The molecule has 30 heavy (non-hydrogen) atoms. The molecule has 10 nitrogen and oxygen atoms in total. The summed E-state index contributed by atoms with van der Waals surface area (Å²) in [5.41, 5.74) is 1.61. The van der Waals surface area contributed by atoms with E-state index in [4.69, 9.17) is 0 Å². The van der Waals surface area contributed by atoms with Crippen molar-refractivity contribution in [2.45, 2.75) is 38.2 Å². The summed E-state index contributed by atoms with van der Waals surface area (Å²) in [5.74, 6) is 0.0879. The zero-order valence-electron chi connectivity index (χ0n) is 16.4. The first-order valence-corrected chi connectivity index (χ1v) is 9.45. The molecule has 0 radical (unpaired) electrons. The molecular formula is C19H23FN8O2. The van der Waals surface area contributed by atoms with Crippen LogP contribution in [0, 0.1) is 0 Å². The molecule has 1 amide bonds. The summed E-state index contributed by atoms with van der Waals surface area (Å²) in [6.45, 7) is 0.0263. The molecule has 3 N–H and O–H groups in total. The van der Waals surface area contributed by atoms with Gasteiger partial charge in [0.05, 0.1) is 24.9 Å². The SMILES string of the molecule is CNC(O)c1cn(C[C@@H](F)CCc2ccc(NC(=O)Cc3ccccn3)nn2)nn1. The van der Waals surface area contributed by atoms with Gasteiger partial charge in [-0.2, -0.15) is 5.10 Å². The molecule has 3 rings (SSSR count). The highest BCUT2D eigenvalue weighted by Gasteiger charge is 2.14. The topological polar surface area (TPSA) is 131 Å². The molecule has 0 saturated carbocycles. The fourth-order valence-electron chi connectivity index (χ4n) is 2.69. The van der Waals surface area contributed by atoms with Crippen molar-refractivity contribution in [2.75, 3.05) is 12.4 Å². The van der Waals surface area contributed by atoms with Crippen LogP contribution < -0.4 is 10.6 Å². The predicted molar refractivity (Wildman–Crippen MR) is 106 cm³/mol. The predicted octanol–water partition coefficient (Wildman–Crippen LogP) is 0.825. The fraction of sp³-hybridized carbons (Fsp3) is 0.368. The molecule has 158 valence electrons. The van der Waals surface area contributed by atoms with Gasteiger partial charge in [-0.25, -0.2) is 9.07 Å². The quantitative estimate of drug-likeness (QED) is 0.416. The summed E-state index contributed by atoms with van der Waals surface area (Å²) < 4.78 is 15.6. The maximum absolute atomic E-state index is 14.2. The van der Waals surface area contributed by atoms with Gasteiger partial charge in [0.2, 0.25) is 5.91 Å². The average Bonchev–Trinajstić information content (AvgIpc) is 3.21.